The van der Waals surface area contributed by atoms with Crippen LogP contribution in [0, 0.1) is 23.6 Å². The summed E-state index contributed by atoms with van der Waals surface area (Å²) in [6.07, 6.45) is 6.61. The molecule has 142 valence electrons. The number of rotatable bonds is 4. The Balaban J connectivity index is 1.57. The number of benzene rings is 1. The van der Waals surface area contributed by atoms with Gasteiger partial charge in [0.2, 0.25) is 5.91 Å². The van der Waals surface area contributed by atoms with Gasteiger partial charge in [-0.3, -0.25) is 4.79 Å². The number of aromatic amines is 1. The van der Waals surface area contributed by atoms with Gasteiger partial charge in [-0.1, -0.05) is 35.9 Å². The molecular formula is C20H17ClFN5O. The van der Waals surface area contributed by atoms with Gasteiger partial charge in [-0.25, -0.2) is 14.4 Å². The van der Waals surface area contributed by atoms with Gasteiger partial charge in [0.05, 0.1) is 22.8 Å². The van der Waals surface area contributed by atoms with Gasteiger partial charge in [-0.15, -0.1) is 0 Å². The predicted molar refractivity (Wildman–Crippen MR) is 105 cm³/mol. The summed E-state index contributed by atoms with van der Waals surface area (Å²) in [5, 5.41) is 3.84. The van der Waals surface area contributed by atoms with Crippen LogP contribution < -0.4 is 11.1 Å². The van der Waals surface area contributed by atoms with Crippen molar-refractivity contribution in [2.24, 2.45) is 23.5 Å². The normalized spacial score (nSPS) is 25.5. The molecule has 1 fully saturated rings. The number of aromatic nitrogens is 3. The van der Waals surface area contributed by atoms with Crippen LogP contribution in [0.15, 0.2) is 42.6 Å². The number of carbonyl (C=O) groups is 1. The van der Waals surface area contributed by atoms with Crippen molar-refractivity contribution in [3.63, 3.8) is 0 Å². The number of nitrogens with one attached hydrogen (secondary N) is 2. The number of halogens is 2. The lowest BCUT2D eigenvalue weighted by atomic mass is 9.88. The molecule has 2 aromatic heterocycles. The van der Waals surface area contributed by atoms with Gasteiger partial charge in [0.15, 0.2) is 5.65 Å². The lowest BCUT2D eigenvalue weighted by Crippen LogP contribution is -2.41. The van der Waals surface area contributed by atoms with Crippen molar-refractivity contribution in [1.29, 1.82) is 0 Å². The summed E-state index contributed by atoms with van der Waals surface area (Å²) in [5.41, 5.74) is 7.96. The molecule has 8 heteroatoms. The van der Waals surface area contributed by atoms with Gasteiger partial charge in [-0.2, -0.15) is 0 Å². The van der Waals surface area contributed by atoms with Crippen LogP contribution in [0.5, 0.6) is 0 Å². The fraction of sp³-hybridized carbons (Fsp3) is 0.250. The number of imidazole rings is 1. The second-order valence-electron chi connectivity index (χ2n) is 7.32. The molecule has 0 unspecified atom stereocenters. The fourth-order valence-electron chi connectivity index (χ4n) is 4.42. The predicted octanol–water partition coefficient (Wildman–Crippen LogP) is 3.51. The average molecular weight is 398 g/mol. The Morgan fingerprint density at radius 1 is 1.32 bits per heavy atom. The number of nitrogens with two attached hydrogens (primary N) is 1. The molecule has 1 amide bonds. The second-order valence-corrected chi connectivity index (χ2v) is 7.73. The first-order valence-electron chi connectivity index (χ1n) is 9.05. The van der Waals surface area contributed by atoms with Crippen molar-refractivity contribution in [2.75, 3.05) is 5.32 Å². The van der Waals surface area contributed by atoms with E-state index >= 15 is 0 Å². The molecular weight excluding hydrogens is 381 g/mol. The molecule has 5 rings (SSSR count). The van der Waals surface area contributed by atoms with Crippen LogP contribution in [-0.2, 0) is 4.79 Å². The van der Waals surface area contributed by atoms with Crippen LogP contribution in [0.2, 0.25) is 5.02 Å². The van der Waals surface area contributed by atoms with Gasteiger partial charge >= 0.3 is 0 Å². The molecule has 0 spiro atoms. The molecule has 2 heterocycles. The molecule has 2 aliphatic carbocycles. The highest BCUT2D eigenvalue weighted by Crippen LogP contribution is 2.46. The van der Waals surface area contributed by atoms with Crippen LogP contribution >= 0.6 is 11.6 Å². The minimum absolute atomic E-state index is 0.142. The number of fused-ring (bicyclic) bond motifs is 3. The van der Waals surface area contributed by atoms with Crippen molar-refractivity contribution in [3.05, 3.63) is 53.5 Å². The summed E-state index contributed by atoms with van der Waals surface area (Å²) in [5.74, 6) is -0.0965. The zero-order chi connectivity index (χ0) is 19.4. The number of primary amides is 1. The van der Waals surface area contributed by atoms with Crippen LogP contribution in [0.4, 0.5) is 10.1 Å². The smallest absolute Gasteiger partial charge is 0.223 e. The summed E-state index contributed by atoms with van der Waals surface area (Å²) in [4.78, 5) is 23.9. The Hall–Kier alpha value is -2.93. The third-order valence-electron chi connectivity index (χ3n) is 5.67. The number of carbonyl (C=O) groups excluding carboxylic acids is 1. The van der Waals surface area contributed by atoms with Gasteiger partial charge in [0.25, 0.3) is 0 Å². The third-order valence-corrected chi connectivity index (χ3v) is 5.96. The van der Waals surface area contributed by atoms with Gasteiger partial charge in [0.1, 0.15) is 17.2 Å². The maximum atomic E-state index is 13.6. The Kier molecular flexibility index (Phi) is 3.87. The Morgan fingerprint density at radius 3 is 2.93 bits per heavy atom. The van der Waals surface area contributed by atoms with Crippen LogP contribution in [0.3, 0.4) is 0 Å². The molecule has 4 N–H and O–H groups in total. The highest BCUT2D eigenvalue weighted by molar-refractivity contribution is 6.34. The van der Waals surface area contributed by atoms with E-state index in [-0.39, 0.29) is 35.5 Å². The third kappa shape index (κ3) is 2.65. The molecule has 0 aliphatic heterocycles. The number of allylic oxidation sites excluding steroid dienone is 1. The van der Waals surface area contributed by atoms with E-state index in [2.05, 4.69) is 32.4 Å². The average Bonchev–Trinajstić information content (AvgIpc) is 3.38. The molecule has 2 aliphatic rings. The van der Waals surface area contributed by atoms with Crippen molar-refractivity contribution >= 4 is 34.4 Å². The van der Waals surface area contributed by atoms with Gasteiger partial charge in [-0.05, 0) is 30.4 Å². The van der Waals surface area contributed by atoms with E-state index < -0.39 is 0 Å². The molecule has 2 bridgehead atoms. The number of hydrogen-bond acceptors (Lipinski definition) is 4. The number of anilines is 1. The van der Waals surface area contributed by atoms with Crippen molar-refractivity contribution in [1.82, 2.24) is 15.0 Å². The van der Waals surface area contributed by atoms with E-state index in [0.717, 1.165) is 6.42 Å². The SMILES string of the molecule is NC(=O)[C@@H]1[C@H](Nc2c(Cl)cnc3nc(-c4cccc(F)c4)[nH]c23)[C@@H]2C=C[C@@H]1C2. The Bertz CT molecular complexity index is 1130. The Morgan fingerprint density at radius 2 is 2.14 bits per heavy atom. The van der Waals surface area contributed by atoms with Gasteiger partial charge < -0.3 is 16.0 Å². The minimum atomic E-state index is -0.347. The number of pyridine rings is 1. The van der Waals surface area contributed by atoms with E-state index in [1.807, 2.05) is 0 Å². The minimum Gasteiger partial charge on any atom is -0.378 e. The molecule has 4 atom stereocenters. The molecule has 1 aromatic carbocycles. The molecule has 1 saturated carbocycles. The first-order chi connectivity index (χ1) is 13.5. The summed E-state index contributed by atoms with van der Waals surface area (Å²) >= 11 is 6.42. The molecule has 0 radical (unpaired) electrons. The summed E-state index contributed by atoms with van der Waals surface area (Å²) < 4.78 is 13.6. The fourth-order valence-corrected chi connectivity index (χ4v) is 4.62. The van der Waals surface area contributed by atoms with Crippen molar-refractivity contribution < 1.29 is 9.18 Å². The van der Waals surface area contributed by atoms with Gasteiger partial charge in [0, 0.05) is 11.6 Å². The summed E-state index contributed by atoms with van der Waals surface area (Å²) in [7, 11) is 0. The van der Waals surface area contributed by atoms with E-state index in [4.69, 9.17) is 17.3 Å². The zero-order valence-corrected chi connectivity index (χ0v) is 15.4. The lowest BCUT2D eigenvalue weighted by Gasteiger charge is -2.28. The maximum absolute atomic E-state index is 13.6. The monoisotopic (exact) mass is 397 g/mol. The highest BCUT2D eigenvalue weighted by Gasteiger charge is 2.47. The van der Waals surface area contributed by atoms with Crippen LogP contribution in [0.1, 0.15) is 6.42 Å². The first-order valence-corrected chi connectivity index (χ1v) is 9.43. The first kappa shape index (κ1) is 17.2. The summed E-state index contributed by atoms with van der Waals surface area (Å²) in [6, 6.07) is 6.02. The van der Waals surface area contributed by atoms with Crippen LogP contribution in [0.25, 0.3) is 22.6 Å². The maximum Gasteiger partial charge on any atom is 0.223 e. The lowest BCUT2D eigenvalue weighted by molar-refractivity contribution is -0.122. The van der Waals surface area contributed by atoms with Crippen LogP contribution in [-0.4, -0.2) is 26.9 Å². The standard InChI is InChI=1S/C20H17ClFN5O/c21-13-8-24-20-17(26-19(27-20)11-2-1-3-12(22)7-11)16(13)25-15-10-5-4-9(6-10)14(15)18(23)28/h1-5,7-10,14-15H,6H2,(H2,23,28)(H2,24,25,26,27)/t9-,10-,14+,15-/m1/s1. The van der Waals surface area contributed by atoms with E-state index in [0.29, 0.717) is 33.3 Å². The molecule has 6 nitrogen and oxygen atoms in total. The van der Waals surface area contributed by atoms with Crippen molar-refractivity contribution in [3.8, 4) is 11.4 Å². The highest BCUT2D eigenvalue weighted by atomic mass is 35.5. The van der Waals surface area contributed by atoms with E-state index in [9.17, 15) is 9.18 Å². The van der Waals surface area contributed by atoms with E-state index in [1.54, 1.807) is 12.1 Å². The molecule has 28 heavy (non-hydrogen) atoms. The Labute approximate surface area is 165 Å². The van der Waals surface area contributed by atoms with Crippen molar-refractivity contribution in [2.45, 2.75) is 12.5 Å². The second kappa shape index (κ2) is 6.31. The number of nitrogens with zero attached hydrogens (tertiary/aromatic N) is 2. The number of amides is 1. The zero-order valence-electron chi connectivity index (χ0n) is 14.7. The summed E-state index contributed by atoms with van der Waals surface area (Å²) in [6.45, 7) is 0. The molecule has 0 saturated heterocycles. The quantitative estimate of drug-likeness (QED) is 0.587. The van der Waals surface area contributed by atoms with E-state index in [1.165, 1.54) is 18.3 Å². The largest absolute Gasteiger partial charge is 0.378 e. The molecule has 3 aromatic rings. The topological polar surface area (TPSA) is 96.7 Å². The number of hydrogen-bond donors (Lipinski definition) is 3. The number of H-pyrrole nitrogens is 1.